The van der Waals surface area contributed by atoms with Crippen LogP contribution in [0.1, 0.15) is 102 Å². The summed E-state index contributed by atoms with van der Waals surface area (Å²) in [5, 5.41) is 43.3. The Balaban J connectivity index is 0.717. The summed E-state index contributed by atoms with van der Waals surface area (Å²) in [4.78, 5) is 127. The Bertz CT molecular complexity index is 4520. The van der Waals surface area contributed by atoms with Gasteiger partial charge in [-0.2, -0.15) is 9.35 Å². The summed E-state index contributed by atoms with van der Waals surface area (Å²) in [5.41, 5.74) is 2.00. The highest BCUT2D eigenvalue weighted by atomic mass is 32.2. The van der Waals surface area contributed by atoms with E-state index in [4.69, 9.17) is 23.7 Å². The number of aliphatic carboxylic acids is 2. The van der Waals surface area contributed by atoms with Gasteiger partial charge in [0.05, 0.1) is 98.3 Å². The van der Waals surface area contributed by atoms with E-state index in [9.17, 15) is 70.4 Å². The van der Waals surface area contributed by atoms with Crippen LogP contribution in [0.25, 0.3) is 11.1 Å². The molecule has 33 nitrogen and oxygen atoms in total. The summed E-state index contributed by atoms with van der Waals surface area (Å²) in [6, 6.07) is 18.8. The minimum atomic E-state index is -4.19. The van der Waals surface area contributed by atoms with Gasteiger partial charge in [0.15, 0.2) is 0 Å². The number of rotatable bonds is 34. The average Bonchev–Trinajstić information content (AvgIpc) is 1.47. The van der Waals surface area contributed by atoms with Crippen molar-refractivity contribution < 1.29 is 98.5 Å². The molecule has 598 valence electrons. The fourth-order valence-corrected chi connectivity index (χ4v) is 14.0. The number of carboxylic acid groups (broad SMARTS) is 2. The van der Waals surface area contributed by atoms with Gasteiger partial charge in [0.25, 0.3) is 15.9 Å². The van der Waals surface area contributed by atoms with Crippen molar-refractivity contribution in [3.8, 4) is 22.8 Å². The highest BCUT2D eigenvalue weighted by Gasteiger charge is 2.40. The summed E-state index contributed by atoms with van der Waals surface area (Å²) >= 11 is 0. The Labute approximate surface area is 640 Å². The molecule has 37 heteroatoms. The van der Waals surface area contributed by atoms with Gasteiger partial charge in [-0.15, -0.1) is 0 Å². The van der Waals surface area contributed by atoms with Crippen LogP contribution in [0.2, 0.25) is 0 Å². The highest BCUT2D eigenvalue weighted by Crippen LogP contribution is 2.35. The zero-order valence-corrected chi connectivity index (χ0v) is 63.2. The number of carbonyl (C=O) groups is 9. The molecule has 0 aliphatic carbocycles. The van der Waals surface area contributed by atoms with Crippen LogP contribution in [-0.2, 0) is 68.5 Å². The van der Waals surface area contributed by atoms with E-state index in [-0.39, 0.29) is 141 Å². The first-order chi connectivity index (χ1) is 53.1. The van der Waals surface area contributed by atoms with Crippen molar-refractivity contribution in [1.82, 2.24) is 41.5 Å². The van der Waals surface area contributed by atoms with Gasteiger partial charge < -0.3 is 86.6 Å². The third-order valence-corrected chi connectivity index (χ3v) is 19.7. The standard InChI is InChI=1S/C74H92F2N14O19S2/c1-5-25-77-72(99)82-52-14-11-16-54(40-52)111(103,104)88-53-15-10-13-48(38-53)58(42-66(92)93)84-74(101)81-51-21-19-50(20-22-51)80-73(100)78-26-31-106-33-35-107-34-32-105-30-24-64(91)83-59(43-67(94)95)71(98)90-27-12-17-60(90)69(96)87-68(46(2)3)70(97)89-110(4,102)45-47-36-63-85-62-41-56(57(76)44-79-62)55-23-18-49(75)39-61(55)108-28-8-6-7-9-29-109-65(37-47)86-63/h10-11,13-16,18-23,36-41,44,46,58-60,68,88H,5-9,12,17,24-35,42-43,45H2,1-4H3,(H,83,91)(H,87,96)(H,92,93)(H,94,95)(H2,77,82,99)(H2,78,80,100)(H,79,85,86)(H2,81,84,101)/t58-,59+,60+,68+,110?/m1/s1. The summed E-state index contributed by atoms with van der Waals surface area (Å²) in [6.45, 7) is 6.73. The van der Waals surface area contributed by atoms with Crippen LogP contribution >= 0.6 is 0 Å². The van der Waals surface area contributed by atoms with E-state index in [1.54, 1.807) is 26.0 Å². The molecule has 12 N–H and O–H groups in total. The number of pyridine rings is 2. The van der Waals surface area contributed by atoms with Crippen LogP contribution in [0.4, 0.5) is 57.5 Å². The molecule has 4 aromatic carbocycles. The summed E-state index contributed by atoms with van der Waals surface area (Å²) < 4.78 is 106. The lowest BCUT2D eigenvalue weighted by molar-refractivity contribution is -0.146. The first kappa shape index (κ1) is 85.5. The van der Waals surface area contributed by atoms with Gasteiger partial charge in [-0.25, -0.2) is 40.8 Å². The lowest BCUT2D eigenvalue weighted by atomic mass is 10.0. The second-order valence-corrected chi connectivity index (χ2v) is 30.3. The molecule has 1 unspecified atom stereocenters. The van der Waals surface area contributed by atoms with Gasteiger partial charge in [0.1, 0.15) is 47.1 Å². The largest absolute Gasteiger partial charge is 0.493 e. The molecule has 1 saturated heterocycles. The summed E-state index contributed by atoms with van der Waals surface area (Å²) in [7, 11) is -7.61. The molecule has 4 heterocycles. The third kappa shape index (κ3) is 28.0. The van der Waals surface area contributed by atoms with Gasteiger partial charge in [0.2, 0.25) is 23.6 Å². The van der Waals surface area contributed by atoms with E-state index in [1.807, 2.05) is 6.92 Å². The first-order valence-corrected chi connectivity index (χ1v) is 39.5. The number of fused-ring (bicyclic) bond motifs is 6. The minimum absolute atomic E-state index is 0.0335. The molecule has 2 aliphatic heterocycles. The van der Waals surface area contributed by atoms with Crippen molar-refractivity contribution in [3.05, 3.63) is 138 Å². The number of nitrogens with one attached hydrogen (secondary N) is 10. The zero-order valence-electron chi connectivity index (χ0n) is 61.6. The Hall–Kier alpha value is -11.2. The Morgan fingerprint density at radius 3 is 2.01 bits per heavy atom. The molecule has 5 atom stereocenters. The molecule has 10 amide bonds. The minimum Gasteiger partial charge on any atom is -0.493 e. The number of carboxylic acids is 2. The Morgan fingerprint density at radius 1 is 0.667 bits per heavy atom. The number of carbonyl (C=O) groups excluding carboxylic acids is 7. The maximum atomic E-state index is 15.4. The Morgan fingerprint density at radius 2 is 1.32 bits per heavy atom. The van der Waals surface area contributed by atoms with Crippen molar-refractivity contribution in [2.45, 2.75) is 120 Å². The van der Waals surface area contributed by atoms with Crippen LogP contribution in [0, 0.1) is 17.6 Å². The molecule has 4 bridgehead atoms. The smallest absolute Gasteiger partial charge is 0.319 e. The summed E-state index contributed by atoms with van der Waals surface area (Å²) in [5.74, 6) is -7.35. The van der Waals surface area contributed by atoms with E-state index in [0.29, 0.717) is 49.0 Å². The van der Waals surface area contributed by atoms with E-state index in [0.717, 1.165) is 23.9 Å². The predicted octanol–water partition coefficient (Wildman–Crippen LogP) is 8.64. The van der Waals surface area contributed by atoms with Crippen molar-refractivity contribution in [3.63, 3.8) is 0 Å². The second kappa shape index (κ2) is 42.1. The maximum Gasteiger partial charge on any atom is 0.319 e. The molecular weight excluding hydrogens is 1490 g/mol. The van der Waals surface area contributed by atoms with Crippen molar-refractivity contribution in [2.24, 2.45) is 10.3 Å². The second-order valence-electron chi connectivity index (χ2n) is 26.2. The van der Waals surface area contributed by atoms with Gasteiger partial charge >= 0.3 is 30.0 Å². The molecule has 0 radical (unpaired) electrons. The highest BCUT2D eigenvalue weighted by molar-refractivity contribution is 7.93. The lowest BCUT2D eigenvalue weighted by Crippen LogP contribution is -2.56. The molecule has 111 heavy (non-hydrogen) atoms. The number of nitrogens with zero attached hydrogens (tertiary/aromatic N) is 4. The number of amides is 10. The van der Waals surface area contributed by atoms with E-state index in [1.165, 1.54) is 103 Å². The number of likely N-dealkylation sites (tertiary alicyclic amines) is 1. The number of benzene rings is 4. The SMILES string of the molecule is CCCNC(=O)Nc1cccc(S(=O)(=O)Nc2cccc([C@@H](CC(=O)O)NC(=O)Nc3ccc(NC(=O)NCCOCCOCCOCCC(=O)N[C@@H](CC(=O)O)C(=O)N4CCC[C@H]4C(=O)N[C@H](C(=O)N=S(C)(=O)Cc4cc5nc(c4)OCCCCCCOc4cc(F)ccc4-c4cc(ncc4F)N5)C(C)C)cc3)c2)c1. The molecule has 8 rings (SSSR count). The molecule has 2 aliphatic rings. The van der Waals surface area contributed by atoms with Gasteiger partial charge in [0, 0.05) is 78.3 Å². The normalized spacial score (nSPS) is 14.9. The molecular formula is C74H92F2N14O19S2. The molecule has 2 aromatic heterocycles. The average molecular weight is 1580 g/mol. The first-order valence-electron chi connectivity index (χ1n) is 35.9. The number of ether oxygens (including phenoxy) is 5. The van der Waals surface area contributed by atoms with Gasteiger partial charge in [-0.05, 0) is 141 Å². The number of aromatic nitrogens is 2. The van der Waals surface area contributed by atoms with Crippen molar-refractivity contribution >= 4 is 108 Å². The molecule has 6 aromatic rings. The molecule has 1 fully saturated rings. The number of anilines is 6. The zero-order chi connectivity index (χ0) is 80.0. The fraction of sp³-hybridized carbons (Fsp3) is 0.419. The van der Waals surface area contributed by atoms with Crippen LogP contribution in [-0.4, -0.2) is 188 Å². The van der Waals surface area contributed by atoms with Gasteiger partial charge in [-0.3, -0.25) is 33.5 Å². The van der Waals surface area contributed by atoms with E-state index >= 15 is 4.39 Å². The number of halogens is 2. The predicted molar refractivity (Wildman–Crippen MR) is 406 cm³/mol. The number of hydrogen-bond acceptors (Lipinski definition) is 20. The molecule has 0 saturated carbocycles. The van der Waals surface area contributed by atoms with Crippen LogP contribution in [0.15, 0.2) is 125 Å². The topological polar surface area (TPSA) is 453 Å². The van der Waals surface area contributed by atoms with Crippen molar-refractivity contribution in [2.75, 3.05) is 105 Å². The lowest BCUT2D eigenvalue weighted by Gasteiger charge is -2.29. The fourth-order valence-electron chi connectivity index (χ4n) is 11.6. The van der Waals surface area contributed by atoms with E-state index in [2.05, 4.69) is 66.9 Å². The monoisotopic (exact) mass is 1580 g/mol. The third-order valence-electron chi connectivity index (χ3n) is 16.9. The van der Waals surface area contributed by atoms with Crippen molar-refractivity contribution in [1.29, 1.82) is 0 Å². The van der Waals surface area contributed by atoms with Crippen LogP contribution in [0.5, 0.6) is 11.6 Å². The van der Waals surface area contributed by atoms with E-state index < -0.39 is 128 Å². The number of hydrogen-bond donors (Lipinski definition) is 12. The Kier molecular flexibility index (Phi) is 32.4. The number of urea groups is 3. The molecule has 0 spiro atoms. The van der Waals surface area contributed by atoms with Crippen LogP contribution in [0.3, 0.4) is 0 Å². The van der Waals surface area contributed by atoms with Crippen LogP contribution < -0.4 is 62.0 Å². The summed E-state index contributed by atoms with van der Waals surface area (Å²) in [6.07, 6.45) is 4.60. The maximum absolute atomic E-state index is 15.4. The quantitative estimate of drug-likeness (QED) is 0.0168. The van der Waals surface area contributed by atoms with Gasteiger partial charge in [-0.1, -0.05) is 39.0 Å². The number of sulfonamides is 1.